The molecule has 0 bridgehead atoms. The van der Waals surface area contributed by atoms with Crippen LogP contribution in [0.4, 0.5) is 0 Å². The Morgan fingerprint density at radius 1 is 1.17 bits per heavy atom. The van der Waals surface area contributed by atoms with Crippen molar-refractivity contribution in [2.75, 3.05) is 0 Å². The first-order valence-corrected chi connectivity index (χ1v) is 2.58. The maximum absolute atomic E-state index is 2.17. The van der Waals surface area contributed by atoms with E-state index >= 15 is 0 Å². The Morgan fingerprint density at radius 3 is 1.33 bits per heavy atom. The molecule has 0 nitrogen and oxygen atoms in total. The highest BCUT2D eigenvalue weighted by Crippen LogP contribution is 2.11. The molecule has 0 aromatic carbocycles. The molecular weight excluding hydrogens is 72.1 g/mol. The summed E-state index contributed by atoms with van der Waals surface area (Å²) in [7, 11) is 0. The maximum atomic E-state index is 2.17. The van der Waals surface area contributed by atoms with Gasteiger partial charge in [0.2, 0.25) is 0 Å². The highest BCUT2D eigenvalue weighted by molar-refractivity contribution is 5.10. The average Bonchev–Trinajstić information content (AvgIpc) is 2.30. The molecule has 0 unspecified atom stereocenters. The van der Waals surface area contributed by atoms with E-state index in [9.17, 15) is 0 Å². The van der Waals surface area contributed by atoms with Crippen LogP contribution in [0, 0.1) is 5.92 Å². The zero-order valence-electron chi connectivity index (χ0n) is 4.73. The van der Waals surface area contributed by atoms with Crippen LogP contribution in [0.5, 0.6) is 0 Å². The maximum Gasteiger partial charge on any atom is -0.00815 e. The van der Waals surface area contributed by atoms with Crippen LogP contribution >= 0.6 is 0 Å². The van der Waals surface area contributed by atoms with Crippen LogP contribution in [0.3, 0.4) is 0 Å². The molecule has 0 saturated heterocycles. The highest BCUT2D eigenvalue weighted by atomic mass is 14.0. The van der Waals surface area contributed by atoms with Gasteiger partial charge in [-0.15, -0.1) is 0 Å². The van der Waals surface area contributed by atoms with Gasteiger partial charge in [0, 0.05) is 0 Å². The van der Waals surface area contributed by atoms with E-state index in [1.54, 1.807) is 0 Å². The molecule has 1 aliphatic rings. The SMILES string of the molecule is CC.CC1C=C1. The molecule has 0 N–H and O–H groups in total. The smallest absolute Gasteiger partial charge is 0.00815 e. The van der Waals surface area contributed by atoms with Crippen LogP contribution in [0.2, 0.25) is 0 Å². The summed E-state index contributed by atoms with van der Waals surface area (Å²) in [4.78, 5) is 0. The second-order valence-corrected chi connectivity index (χ2v) is 1.24. The molecular formula is C6H12. The molecule has 0 amide bonds. The fourth-order valence-corrected chi connectivity index (χ4v) is 0.111. The first-order chi connectivity index (χ1) is 2.89. The first kappa shape index (κ1) is 5.74. The minimum absolute atomic E-state index is 0.833. The summed E-state index contributed by atoms with van der Waals surface area (Å²) in [5.74, 6) is 0.833. The van der Waals surface area contributed by atoms with Crippen LogP contribution in [-0.2, 0) is 0 Å². The van der Waals surface area contributed by atoms with Gasteiger partial charge in [-0.1, -0.05) is 32.9 Å². The summed E-state index contributed by atoms with van der Waals surface area (Å²) < 4.78 is 0. The van der Waals surface area contributed by atoms with E-state index in [1.165, 1.54) is 0 Å². The molecule has 36 valence electrons. The Balaban J connectivity index is 0.000000112. The van der Waals surface area contributed by atoms with Crippen LogP contribution in [0.25, 0.3) is 0 Å². The van der Waals surface area contributed by atoms with E-state index in [2.05, 4.69) is 19.1 Å². The Morgan fingerprint density at radius 2 is 1.33 bits per heavy atom. The second-order valence-electron chi connectivity index (χ2n) is 1.24. The third-order valence-electron chi connectivity index (χ3n) is 0.577. The van der Waals surface area contributed by atoms with Crippen molar-refractivity contribution in [2.24, 2.45) is 5.92 Å². The van der Waals surface area contributed by atoms with Crippen molar-refractivity contribution >= 4 is 0 Å². The lowest BCUT2D eigenvalue weighted by Gasteiger charge is -1.57. The minimum atomic E-state index is 0.833. The fourth-order valence-electron chi connectivity index (χ4n) is 0.111. The summed E-state index contributed by atoms with van der Waals surface area (Å²) in [5, 5.41) is 0. The molecule has 1 aliphatic carbocycles. The summed E-state index contributed by atoms with van der Waals surface area (Å²) in [5.41, 5.74) is 0. The van der Waals surface area contributed by atoms with Gasteiger partial charge in [-0.05, 0) is 5.92 Å². The average molecular weight is 84.2 g/mol. The third-order valence-corrected chi connectivity index (χ3v) is 0.577. The lowest BCUT2D eigenvalue weighted by molar-refractivity contribution is 1.09. The lowest BCUT2D eigenvalue weighted by atomic mass is 10.5. The number of hydrogen-bond acceptors (Lipinski definition) is 0. The van der Waals surface area contributed by atoms with Crippen LogP contribution in [-0.4, -0.2) is 0 Å². The quantitative estimate of drug-likeness (QED) is 0.395. The van der Waals surface area contributed by atoms with Crippen molar-refractivity contribution in [2.45, 2.75) is 20.8 Å². The number of hydrogen-bond donors (Lipinski definition) is 0. The van der Waals surface area contributed by atoms with Crippen LogP contribution in [0.1, 0.15) is 20.8 Å². The van der Waals surface area contributed by atoms with Gasteiger partial charge in [0.05, 0.1) is 0 Å². The van der Waals surface area contributed by atoms with Crippen molar-refractivity contribution < 1.29 is 0 Å². The van der Waals surface area contributed by atoms with Gasteiger partial charge in [0.25, 0.3) is 0 Å². The van der Waals surface area contributed by atoms with Gasteiger partial charge >= 0.3 is 0 Å². The topological polar surface area (TPSA) is 0 Å². The van der Waals surface area contributed by atoms with E-state index < -0.39 is 0 Å². The summed E-state index contributed by atoms with van der Waals surface area (Å²) >= 11 is 0. The van der Waals surface area contributed by atoms with E-state index in [0.29, 0.717) is 0 Å². The third kappa shape index (κ3) is 3.74. The molecule has 1 rings (SSSR count). The summed E-state index contributed by atoms with van der Waals surface area (Å²) in [6.07, 6.45) is 4.33. The standard InChI is InChI=1S/C4H6.C2H6/c1-4-2-3-4;1-2/h2-4H,1H3;1-2H3. The highest BCUT2D eigenvalue weighted by Gasteiger charge is 1.97. The number of allylic oxidation sites excluding steroid dienone is 2. The van der Waals surface area contributed by atoms with Crippen molar-refractivity contribution in [1.82, 2.24) is 0 Å². The molecule has 0 heteroatoms. The van der Waals surface area contributed by atoms with Crippen LogP contribution < -0.4 is 0 Å². The van der Waals surface area contributed by atoms with Gasteiger partial charge in [-0.3, -0.25) is 0 Å². The van der Waals surface area contributed by atoms with Gasteiger partial charge in [0.15, 0.2) is 0 Å². The number of rotatable bonds is 0. The minimum Gasteiger partial charge on any atom is -0.0813 e. The van der Waals surface area contributed by atoms with Gasteiger partial charge in [-0.25, -0.2) is 0 Å². The van der Waals surface area contributed by atoms with E-state index in [4.69, 9.17) is 0 Å². The fraction of sp³-hybridized carbons (Fsp3) is 0.667. The lowest BCUT2D eigenvalue weighted by Crippen LogP contribution is -1.47. The van der Waals surface area contributed by atoms with Crippen LogP contribution in [0.15, 0.2) is 12.2 Å². The van der Waals surface area contributed by atoms with Gasteiger partial charge < -0.3 is 0 Å². The molecule has 0 atom stereocenters. The first-order valence-electron chi connectivity index (χ1n) is 2.58. The Hall–Kier alpha value is -0.260. The van der Waals surface area contributed by atoms with Crippen molar-refractivity contribution in [3.63, 3.8) is 0 Å². The molecule has 0 radical (unpaired) electrons. The predicted molar refractivity (Wildman–Crippen MR) is 29.7 cm³/mol. The molecule has 0 aromatic heterocycles. The predicted octanol–water partition coefficient (Wildman–Crippen LogP) is 2.22. The Labute approximate surface area is 39.9 Å². The van der Waals surface area contributed by atoms with Gasteiger partial charge in [0.1, 0.15) is 0 Å². The van der Waals surface area contributed by atoms with Crippen molar-refractivity contribution in [3.8, 4) is 0 Å². The largest absolute Gasteiger partial charge is 0.0813 e. The normalized spacial score (nSPS) is 15.8. The summed E-state index contributed by atoms with van der Waals surface area (Å²) in [6.45, 7) is 6.17. The van der Waals surface area contributed by atoms with Gasteiger partial charge in [-0.2, -0.15) is 0 Å². The van der Waals surface area contributed by atoms with Crippen molar-refractivity contribution in [1.29, 1.82) is 0 Å². The second kappa shape index (κ2) is 2.95. The molecule has 0 fully saturated rings. The zero-order valence-corrected chi connectivity index (χ0v) is 4.73. The molecule has 0 aliphatic heterocycles. The Bertz CT molecular complexity index is 38.0. The monoisotopic (exact) mass is 84.1 g/mol. The van der Waals surface area contributed by atoms with E-state index in [-0.39, 0.29) is 0 Å². The summed E-state index contributed by atoms with van der Waals surface area (Å²) in [6, 6.07) is 0. The van der Waals surface area contributed by atoms with Crippen molar-refractivity contribution in [3.05, 3.63) is 12.2 Å². The Kier molecular flexibility index (Phi) is 2.82. The zero-order chi connectivity index (χ0) is 4.99. The molecule has 0 spiro atoms. The van der Waals surface area contributed by atoms with E-state index in [0.717, 1.165) is 5.92 Å². The molecule has 0 heterocycles. The molecule has 0 aromatic rings. The molecule has 6 heavy (non-hydrogen) atoms. The van der Waals surface area contributed by atoms with E-state index in [1.807, 2.05) is 13.8 Å². The molecule has 0 saturated carbocycles.